The fraction of sp³-hybridized carbons (Fsp3) is 0.917. The molecule has 3 N–H and O–H groups in total. The Bertz CT molecular complexity index is 387. The zero-order chi connectivity index (χ0) is 21.2. The molecule has 0 aromatic heterocycles. The third-order valence-corrected chi connectivity index (χ3v) is 5.72. The summed E-state index contributed by atoms with van der Waals surface area (Å²) in [6.07, 6.45) is 19.3. The van der Waals surface area contributed by atoms with E-state index >= 15 is 0 Å². The van der Waals surface area contributed by atoms with Gasteiger partial charge in [0.2, 0.25) is 0 Å². The zero-order valence-corrected chi connectivity index (χ0v) is 18.6. The van der Waals surface area contributed by atoms with Gasteiger partial charge in [-0.15, -0.1) is 0 Å². The molecule has 29 heavy (non-hydrogen) atoms. The lowest BCUT2D eigenvalue weighted by Crippen LogP contribution is -2.55. The molecule has 5 nitrogen and oxygen atoms in total. The first-order valence-corrected chi connectivity index (χ1v) is 12.1. The minimum absolute atomic E-state index is 0.0976. The first-order chi connectivity index (χ1) is 14.2. The van der Waals surface area contributed by atoms with Crippen LogP contribution in [0, 0.1) is 0 Å². The van der Waals surface area contributed by atoms with Crippen molar-refractivity contribution >= 4 is 0 Å². The number of aliphatic hydroxyl groups excluding tert-OH is 3. The highest BCUT2D eigenvalue weighted by Crippen LogP contribution is 2.19. The summed E-state index contributed by atoms with van der Waals surface area (Å²) in [5.41, 5.74) is 0. The highest BCUT2D eigenvalue weighted by molar-refractivity contribution is 4.87. The number of allylic oxidation sites excluding steroid dienone is 2. The van der Waals surface area contributed by atoms with Crippen molar-refractivity contribution in [3.05, 3.63) is 12.2 Å². The third kappa shape index (κ3) is 12.7. The average Bonchev–Trinajstić information content (AvgIpc) is 2.72. The van der Waals surface area contributed by atoms with Crippen LogP contribution in [0.15, 0.2) is 12.2 Å². The number of hydrogen-bond donors (Lipinski definition) is 3. The molecule has 0 spiro atoms. The molecule has 1 fully saturated rings. The predicted molar refractivity (Wildman–Crippen MR) is 118 cm³/mol. The van der Waals surface area contributed by atoms with Crippen molar-refractivity contribution in [2.45, 2.75) is 121 Å². The standard InChI is InChI=1S/C24H46O5/c1-2-3-4-5-6-7-8-9-10-11-12-13-14-15-16-17-18-28-24-21(26)20-29-22(19-25)23(24)27/h9-10,21-27H,2-8,11-20H2,1H3/b10-9+/t21-,22+,23+,24+/m0/s1. The van der Waals surface area contributed by atoms with E-state index in [1.165, 1.54) is 77.0 Å². The number of rotatable bonds is 18. The van der Waals surface area contributed by atoms with E-state index in [-0.39, 0.29) is 13.2 Å². The van der Waals surface area contributed by atoms with Crippen LogP contribution >= 0.6 is 0 Å². The molecule has 0 aromatic carbocycles. The van der Waals surface area contributed by atoms with Crippen LogP contribution in [-0.4, -0.2) is 59.6 Å². The Morgan fingerprint density at radius 3 is 1.97 bits per heavy atom. The third-order valence-electron chi connectivity index (χ3n) is 5.72. The van der Waals surface area contributed by atoms with Crippen molar-refractivity contribution in [1.82, 2.24) is 0 Å². The molecule has 4 atom stereocenters. The van der Waals surface area contributed by atoms with Gasteiger partial charge >= 0.3 is 0 Å². The summed E-state index contributed by atoms with van der Waals surface area (Å²) in [5, 5.41) is 29.1. The molecule has 1 aliphatic heterocycles. The van der Waals surface area contributed by atoms with Gasteiger partial charge in [0, 0.05) is 6.61 Å². The highest BCUT2D eigenvalue weighted by atomic mass is 16.6. The van der Waals surface area contributed by atoms with Gasteiger partial charge in [-0.05, 0) is 32.1 Å². The number of unbranched alkanes of at least 4 members (excludes halogenated alkanes) is 12. The first kappa shape index (κ1) is 26.6. The van der Waals surface area contributed by atoms with E-state index in [4.69, 9.17) is 14.6 Å². The Morgan fingerprint density at radius 2 is 1.38 bits per heavy atom. The predicted octanol–water partition coefficient (Wildman–Crippen LogP) is 4.52. The zero-order valence-electron chi connectivity index (χ0n) is 18.6. The maximum atomic E-state index is 10.1. The fourth-order valence-electron chi connectivity index (χ4n) is 3.79. The summed E-state index contributed by atoms with van der Waals surface area (Å²) in [7, 11) is 0. The lowest BCUT2D eigenvalue weighted by atomic mass is 10.0. The van der Waals surface area contributed by atoms with Gasteiger partial charge in [-0.1, -0.05) is 76.9 Å². The summed E-state index contributed by atoms with van der Waals surface area (Å²) in [4.78, 5) is 0. The fourth-order valence-corrected chi connectivity index (χ4v) is 3.79. The maximum absolute atomic E-state index is 10.1. The van der Waals surface area contributed by atoms with E-state index in [2.05, 4.69) is 19.1 Å². The minimum atomic E-state index is -0.974. The van der Waals surface area contributed by atoms with Crippen LogP contribution in [0.3, 0.4) is 0 Å². The molecular formula is C24H46O5. The lowest BCUT2D eigenvalue weighted by Gasteiger charge is -2.37. The Labute approximate surface area is 178 Å². The molecule has 1 heterocycles. The van der Waals surface area contributed by atoms with Crippen LogP contribution in [0.1, 0.15) is 96.8 Å². The van der Waals surface area contributed by atoms with Crippen molar-refractivity contribution in [3.63, 3.8) is 0 Å². The Hall–Kier alpha value is -0.460. The van der Waals surface area contributed by atoms with Gasteiger partial charge in [-0.2, -0.15) is 0 Å². The molecular weight excluding hydrogens is 368 g/mol. The van der Waals surface area contributed by atoms with Crippen molar-refractivity contribution in [2.75, 3.05) is 19.8 Å². The normalized spacial score (nSPS) is 25.1. The van der Waals surface area contributed by atoms with Gasteiger partial charge < -0.3 is 24.8 Å². The molecule has 172 valence electrons. The van der Waals surface area contributed by atoms with Crippen molar-refractivity contribution in [2.24, 2.45) is 0 Å². The number of ether oxygens (including phenoxy) is 2. The molecule has 1 saturated heterocycles. The van der Waals surface area contributed by atoms with Crippen LogP contribution in [0.5, 0.6) is 0 Å². The SMILES string of the molecule is CCCCCCCC/C=C/CCCCCCCCO[C@H]1[C@H](O)[C@@H](CO)OC[C@@H]1O. The highest BCUT2D eigenvalue weighted by Gasteiger charge is 2.38. The molecule has 0 radical (unpaired) electrons. The second-order valence-corrected chi connectivity index (χ2v) is 8.39. The van der Waals surface area contributed by atoms with Gasteiger partial charge in [-0.3, -0.25) is 0 Å². The Balaban J connectivity index is 1.87. The van der Waals surface area contributed by atoms with E-state index in [9.17, 15) is 10.2 Å². The molecule has 0 aliphatic carbocycles. The molecule has 0 unspecified atom stereocenters. The van der Waals surface area contributed by atoms with Crippen LogP contribution in [-0.2, 0) is 9.47 Å². The van der Waals surface area contributed by atoms with Gasteiger partial charge in [-0.25, -0.2) is 0 Å². The smallest absolute Gasteiger partial charge is 0.114 e. The number of hydrogen-bond acceptors (Lipinski definition) is 5. The molecule has 0 aromatic rings. The van der Waals surface area contributed by atoms with Crippen molar-refractivity contribution < 1.29 is 24.8 Å². The molecule has 0 saturated carbocycles. The lowest BCUT2D eigenvalue weighted by molar-refractivity contribution is -0.210. The molecule has 0 bridgehead atoms. The topological polar surface area (TPSA) is 79.2 Å². The van der Waals surface area contributed by atoms with Crippen LogP contribution in [0.2, 0.25) is 0 Å². The average molecular weight is 415 g/mol. The van der Waals surface area contributed by atoms with Gasteiger partial charge in [0.05, 0.1) is 13.2 Å². The quantitative estimate of drug-likeness (QED) is 0.227. The minimum Gasteiger partial charge on any atom is -0.394 e. The van der Waals surface area contributed by atoms with Gasteiger partial charge in [0.25, 0.3) is 0 Å². The van der Waals surface area contributed by atoms with Crippen LogP contribution in [0.25, 0.3) is 0 Å². The monoisotopic (exact) mass is 414 g/mol. The van der Waals surface area contributed by atoms with Crippen molar-refractivity contribution in [3.8, 4) is 0 Å². The summed E-state index contributed by atoms with van der Waals surface area (Å²) in [6, 6.07) is 0. The molecule has 0 amide bonds. The van der Waals surface area contributed by atoms with Gasteiger partial charge in [0.15, 0.2) is 0 Å². The Morgan fingerprint density at radius 1 is 0.828 bits per heavy atom. The van der Waals surface area contributed by atoms with E-state index < -0.39 is 24.4 Å². The first-order valence-electron chi connectivity index (χ1n) is 12.1. The van der Waals surface area contributed by atoms with Gasteiger partial charge in [0.1, 0.15) is 24.4 Å². The summed E-state index contributed by atoms with van der Waals surface area (Å²) in [6.45, 7) is 2.62. The second kappa shape index (κ2) is 18.3. The molecule has 5 heteroatoms. The Kier molecular flexibility index (Phi) is 16.8. The molecule has 1 rings (SSSR count). The second-order valence-electron chi connectivity index (χ2n) is 8.39. The van der Waals surface area contributed by atoms with E-state index in [1.54, 1.807) is 0 Å². The summed E-state index contributed by atoms with van der Waals surface area (Å²) in [5.74, 6) is 0. The summed E-state index contributed by atoms with van der Waals surface area (Å²) < 4.78 is 10.8. The summed E-state index contributed by atoms with van der Waals surface area (Å²) >= 11 is 0. The maximum Gasteiger partial charge on any atom is 0.114 e. The van der Waals surface area contributed by atoms with E-state index in [0.29, 0.717) is 6.61 Å². The largest absolute Gasteiger partial charge is 0.394 e. The van der Waals surface area contributed by atoms with Crippen LogP contribution < -0.4 is 0 Å². The van der Waals surface area contributed by atoms with Crippen molar-refractivity contribution in [1.29, 1.82) is 0 Å². The van der Waals surface area contributed by atoms with Crippen LogP contribution in [0.4, 0.5) is 0 Å². The molecule has 1 aliphatic rings. The van der Waals surface area contributed by atoms with E-state index in [1.807, 2.05) is 0 Å². The number of aliphatic hydroxyl groups is 3. The van der Waals surface area contributed by atoms with E-state index in [0.717, 1.165) is 12.8 Å².